The van der Waals surface area contributed by atoms with Crippen LogP contribution in [0.1, 0.15) is 18.4 Å². The van der Waals surface area contributed by atoms with E-state index < -0.39 is 10.0 Å². The molecule has 1 aliphatic rings. The SMILES string of the molecule is O=S(=O)(c1ccn[nH]1)N1CCC(Cc2ccccc2)CC1. The number of nitrogens with one attached hydrogen (secondary N) is 1. The summed E-state index contributed by atoms with van der Waals surface area (Å²) in [6.45, 7) is 1.16. The topological polar surface area (TPSA) is 66.1 Å². The zero-order valence-electron chi connectivity index (χ0n) is 11.8. The van der Waals surface area contributed by atoms with Gasteiger partial charge < -0.3 is 0 Å². The molecule has 3 rings (SSSR count). The van der Waals surface area contributed by atoms with Gasteiger partial charge in [-0.3, -0.25) is 5.10 Å². The summed E-state index contributed by atoms with van der Waals surface area (Å²) in [5, 5.41) is 6.45. The molecule has 21 heavy (non-hydrogen) atoms. The molecule has 0 bridgehead atoms. The van der Waals surface area contributed by atoms with Gasteiger partial charge in [-0.05, 0) is 36.8 Å². The van der Waals surface area contributed by atoms with Crippen molar-refractivity contribution in [3.8, 4) is 0 Å². The predicted molar refractivity (Wildman–Crippen MR) is 80.2 cm³/mol. The minimum Gasteiger partial charge on any atom is -0.266 e. The molecule has 1 aromatic carbocycles. The summed E-state index contributed by atoms with van der Waals surface area (Å²) in [5.74, 6) is 0.556. The first-order valence-electron chi connectivity index (χ1n) is 7.20. The Morgan fingerprint density at radius 3 is 2.48 bits per heavy atom. The van der Waals surface area contributed by atoms with Gasteiger partial charge in [-0.1, -0.05) is 30.3 Å². The van der Waals surface area contributed by atoms with Crippen LogP contribution in [0.15, 0.2) is 47.6 Å². The van der Waals surface area contributed by atoms with Gasteiger partial charge in [-0.2, -0.15) is 9.40 Å². The largest absolute Gasteiger partial charge is 0.266 e. The van der Waals surface area contributed by atoms with E-state index in [-0.39, 0.29) is 5.03 Å². The summed E-state index contributed by atoms with van der Waals surface area (Å²) in [6, 6.07) is 11.9. The third-order valence-electron chi connectivity index (χ3n) is 4.03. The summed E-state index contributed by atoms with van der Waals surface area (Å²) in [5.41, 5.74) is 1.33. The first-order valence-corrected chi connectivity index (χ1v) is 8.64. The molecule has 112 valence electrons. The molecule has 5 nitrogen and oxygen atoms in total. The lowest BCUT2D eigenvalue weighted by molar-refractivity contribution is 0.272. The van der Waals surface area contributed by atoms with Crippen molar-refractivity contribution in [1.82, 2.24) is 14.5 Å². The second kappa shape index (κ2) is 5.99. The zero-order valence-corrected chi connectivity index (χ0v) is 12.6. The number of rotatable bonds is 4. The van der Waals surface area contributed by atoms with Crippen molar-refractivity contribution >= 4 is 10.0 Å². The zero-order chi connectivity index (χ0) is 14.7. The summed E-state index contributed by atoms with van der Waals surface area (Å²) in [7, 11) is -3.40. The predicted octanol–water partition coefficient (Wildman–Crippen LogP) is 2.05. The van der Waals surface area contributed by atoms with Crippen molar-refractivity contribution in [1.29, 1.82) is 0 Å². The highest BCUT2D eigenvalue weighted by Crippen LogP contribution is 2.25. The van der Waals surface area contributed by atoms with Gasteiger partial charge >= 0.3 is 0 Å². The molecule has 1 aliphatic heterocycles. The Bertz CT molecular complexity index is 660. The smallest absolute Gasteiger partial charge is 0.259 e. The van der Waals surface area contributed by atoms with Crippen LogP contribution in [0.2, 0.25) is 0 Å². The number of benzene rings is 1. The molecule has 6 heteroatoms. The molecule has 2 heterocycles. The first kappa shape index (κ1) is 14.3. The Labute approximate surface area is 125 Å². The number of aromatic nitrogens is 2. The van der Waals surface area contributed by atoms with E-state index in [1.807, 2.05) is 18.2 Å². The van der Waals surface area contributed by atoms with Crippen LogP contribution in [0.5, 0.6) is 0 Å². The molecular formula is C15H19N3O2S. The average molecular weight is 305 g/mol. The van der Waals surface area contributed by atoms with Crippen molar-refractivity contribution in [3.63, 3.8) is 0 Å². The molecular weight excluding hydrogens is 286 g/mol. The number of hydrogen-bond donors (Lipinski definition) is 1. The van der Waals surface area contributed by atoms with Crippen LogP contribution in [0.25, 0.3) is 0 Å². The molecule has 1 N–H and O–H groups in total. The second-order valence-electron chi connectivity index (χ2n) is 5.46. The maximum atomic E-state index is 12.4. The Balaban J connectivity index is 1.61. The van der Waals surface area contributed by atoms with Crippen LogP contribution < -0.4 is 0 Å². The molecule has 0 amide bonds. The summed E-state index contributed by atoms with van der Waals surface area (Å²) in [6.07, 6.45) is 4.30. The van der Waals surface area contributed by atoms with Crippen molar-refractivity contribution < 1.29 is 8.42 Å². The highest BCUT2D eigenvalue weighted by molar-refractivity contribution is 7.89. The maximum absolute atomic E-state index is 12.4. The average Bonchev–Trinajstić information content (AvgIpc) is 3.04. The molecule has 1 saturated heterocycles. The van der Waals surface area contributed by atoms with Crippen LogP contribution in [0.3, 0.4) is 0 Å². The van der Waals surface area contributed by atoms with Crippen LogP contribution in [-0.2, 0) is 16.4 Å². The molecule has 0 saturated carbocycles. The number of aromatic amines is 1. The third-order valence-corrected chi connectivity index (χ3v) is 5.86. The summed E-state index contributed by atoms with van der Waals surface area (Å²) in [4.78, 5) is 0. The van der Waals surface area contributed by atoms with Crippen molar-refractivity contribution in [3.05, 3.63) is 48.2 Å². The number of nitrogens with zero attached hydrogens (tertiary/aromatic N) is 2. The monoisotopic (exact) mass is 305 g/mol. The van der Waals surface area contributed by atoms with Crippen LogP contribution >= 0.6 is 0 Å². The Morgan fingerprint density at radius 1 is 1.14 bits per heavy atom. The fourth-order valence-corrected chi connectivity index (χ4v) is 4.20. The maximum Gasteiger partial charge on any atom is 0.259 e. The lowest BCUT2D eigenvalue weighted by Gasteiger charge is -2.30. The lowest BCUT2D eigenvalue weighted by atomic mass is 9.91. The molecule has 0 radical (unpaired) electrons. The summed E-state index contributed by atoms with van der Waals surface area (Å²) >= 11 is 0. The number of hydrogen-bond acceptors (Lipinski definition) is 3. The Morgan fingerprint density at radius 2 is 1.86 bits per heavy atom. The highest BCUT2D eigenvalue weighted by atomic mass is 32.2. The molecule has 0 unspecified atom stereocenters. The van der Waals surface area contributed by atoms with Gasteiger partial charge in [0.15, 0.2) is 5.03 Å². The number of H-pyrrole nitrogens is 1. The van der Waals surface area contributed by atoms with Crippen molar-refractivity contribution in [2.75, 3.05) is 13.1 Å². The number of sulfonamides is 1. The van der Waals surface area contributed by atoms with E-state index in [4.69, 9.17) is 0 Å². The molecule has 0 aliphatic carbocycles. The van der Waals surface area contributed by atoms with Crippen molar-refractivity contribution in [2.45, 2.75) is 24.3 Å². The lowest BCUT2D eigenvalue weighted by Crippen LogP contribution is -2.39. The normalized spacial score (nSPS) is 17.9. The Hall–Kier alpha value is -1.66. The van der Waals surface area contributed by atoms with E-state index in [0.717, 1.165) is 19.3 Å². The van der Waals surface area contributed by atoms with E-state index >= 15 is 0 Å². The van der Waals surface area contributed by atoms with Gasteiger partial charge in [-0.25, -0.2) is 8.42 Å². The van der Waals surface area contributed by atoms with E-state index in [9.17, 15) is 8.42 Å². The van der Waals surface area contributed by atoms with Crippen LogP contribution in [-0.4, -0.2) is 36.0 Å². The highest BCUT2D eigenvalue weighted by Gasteiger charge is 2.30. The van der Waals surface area contributed by atoms with Crippen LogP contribution in [0.4, 0.5) is 0 Å². The van der Waals surface area contributed by atoms with E-state index in [1.165, 1.54) is 17.8 Å². The Kier molecular flexibility index (Phi) is 4.07. The first-order chi connectivity index (χ1) is 10.2. The molecule has 0 spiro atoms. The standard InChI is InChI=1S/C15H19N3O2S/c19-21(20,15-6-9-16-17-15)18-10-7-14(8-11-18)12-13-4-2-1-3-5-13/h1-6,9,14H,7-8,10-12H2,(H,16,17). The molecule has 1 fully saturated rings. The third kappa shape index (κ3) is 3.16. The van der Waals surface area contributed by atoms with Gasteiger partial charge in [-0.15, -0.1) is 0 Å². The van der Waals surface area contributed by atoms with Crippen molar-refractivity contribution in [2.24, 2.45) is 5.92 Å². The van der Waals surface area contributed by atoms with Gasteiger partial charge in [0.2, 0.25) is 0 Å². The van der Waals surface area contributed by atoms with E-state index in [0.29, 0.717) is 19.0 Å². The molecule has 1 aromatic heterocycles. The van der Waals surface area contributed by atoms with Gasteiger partial charge in [0, 0.05) is 13.1 Å². The fourth-order valence-electron chi connectivity index (χ4n) is 2.83. The minimum absolute atomic E-state index is 0.184. The quantitative estimate of drug-likeness (QED) is 0.940. The fraction of sp³-hybridized carbons (Fsp3) is 0.400. The van der Waals surface area contributed by atoms with Crippen LogP contribution in [0, 0.1) is 5.92 Å². The minimum atomic E-state index is -3.40. The van der Waals surface area contributed by atoms with E-state index in [2.05, 4.69) is 22.3 Å². The molecule has 0 atom stereocenters. The van der Waals surface area contributed by atoms with Gasteiger partial charge in [0.05, 0.1) is 6.20 Å². The van der Waals surface area contributed by atoms with Gasteiger partial charge in [0.1, 0.15) is 0 Å². The second-order valence-corrected chi connectivity index (χ2v) is 7.36. The summed E-state index contributed by atoms with van der Waals surface area (Å²) < 4.78 is 26.3. The number of piperidine rings is 1. The van der Waals surface area contributed by atoms with Gasteiger partial charge in [0.25, 0.3) is 10.0 Å². The van der Waals surface area contributed by atoms with E-state index in [1.54, 1.807) is 4.31 Å². The molecule has 2 aromatic rings.